The van der Waals surface area contributed by atoms with Crippen LogP contribution in [-0.2, 0) is 0 Å². The number of pyridine rings is 1. The van der Waals surface area contributed by atoms with E-state index in [4.69, 9.17) is 5.41 Å². The molecule has 14 heavy (non-hydrogen) atoms. The van der Waals surface area contributed by atoms with Crippen molar-refractivity contribution in [1.29, 1.82) is 0 Å². The minimum atomic E-state index is 0.663. The molecule has 0 aliphatic heterocycles. The molecule has 0 aliphatic carbocycles. The first kappa shape index (κ1) is 10.3. The van der Waals surface area contributed by atoms with Crippen LogP contribution < -0.4 is 5.41 Å². The highest BCUT2D eigenvalue weighted by Gasteiger charge is 2.12. The van der Waals surface area contributed by atoms with Crippen molar-refractivity contribution >= 4 is 11.4 Å². The molecule has 0 unspecified atom stereocenters. The molecule has 1 aromatic rings. The van der Waals surface area contributed by atoms with E-state index in [1.807, 2.05) is 18.2 Å². The lowest BCUT2D eigenvalue weighted by Crippen LogP contribution is -2.40. The zero-order valence-electron chi connectivity index (χ0n) is 8.49. The van der Waals surface area contributed by atoms with Gasteiger partial charge in [0.15, 0.2) is 5.71 Å². The van der Waals surface area contributed by atoms with Crippen LogP contribution in [0, 0.1) is 0 Å². The summed E-state index contributed by atoms with van der Waals surface area (Å²) < 4.78 is 0. The molecular formula is C11H14N3+. The van der Waals surface area contributed by atoms with Crippen molar-refractivity contribution in [2.24, 2.45) is 4.99 Å². The minimum Gasteiger partial charge on any atom is -0.286 e. The van der Waals surface area contributed by atoms with Gasteiger partial charge in [0.1, 0.15) is 0 Å². The van der Waals surface area contributed by atoms with E-state index in [0.29, 0.717) is 5.71 Å². The molecule has 0 atom stereocenters. The summed E-state index contributed by atoms with van der Waals surface area (Å²) in [6.45, 7) is 5.67. The summed E-state index contributed by atoms with van der Waals surface area (Å²) in [7, 11) is 1.71. The average molecular weight is 188 g/mol. The molecule has 0 amide bonds. The summed E-state index contributed by atoms with van der Waals surface area (Å²) in [4.78, 5) is 8.33. The van der Waals surface area contributed by atoms with E-state index in [1.54, 1.807) is 20.2 Å². The van der Waals surface area contributed by atoms with E-state index < -0.39 is 0 Å². The Kier molecular flexibility index (Phi) is 3.29. The molecule has 0 aliphatic rings. The maximum absolute atomic E-state index is 5.66. The second-order valence-corrected chi connectivity index (χ2v) is 2.95. The lowest BCUT2D eigenvalue weighted by molar-refractivity contribution is -0.113. The normalized spacial score (nSPS) is 11.1. The maximum Gasteiger partial charge on any atom is 0.178 e. The maximum atomic E-state index is 5.66. The van der Waals surface area contributed by atoms with Gasteiger partial charge >= 0.3 is 0 Å². The zero-order valence-corrected chi connectivity index (χ0v) is 8.49. The highest BCUT2D eigenvalue weighted by atomic mass is 14.8. The van der Waals surface area contributed by atoms with Crippen LogP contribution in [0.3, 0.4) is 0 Å². The van der Waals surface area contributed by atoms with Gasteiger partial charge in [0, 0.05) is 20.2 Å². The Hall–Kier alpha value is -1.77. The van der Waals surface area contributed by atoms with Crippen molar-refractivity contribution in [3.8, 4) is 0 Å². The molecule has 0 fully saturated rings. The van der Waals surface area contributed by atoms with Crippen LogP contribution in [0.15, 0.2) is 41.5 Å². The van der Waals surface area contributed by atoms with Crippen LogP contribution in [0.2, 0.25) is 0 Å². The number of aromatic nitrogens is 1. The fourth-order valence-electron chi connectivity index (χ4n) is 1.09. The molecule has 1 heterocycles. The van der Waals surface area contributed by atoms with Crippen LogP contribution in [-0.4, -0.2) is 23.5 Å². The van der Waals surface area contributed by atoms with Gasteiger partial charge in [0.05, 0.1) is 17.0 Å². The van der Waals surface area contributed by atoms with Gasteiger partial charge < -0.3 is 0 Å². The topological polar surface area (TPSA) is 50.8 Å². The standard InChI is InChI=1S/C11H13N3/c1-8(9(2)12)11(13-3)10-6-4-5-7-14-10/h4-7,12H,1H2,2-3H3/p+1. The summed E-state index contributed by atoms with van der Waals surface area (Å²) in [5, 5.41) is 5.66. The minimum absolute atomic E-state index is 0.663. The molecule has 1 aromatic heterocycles. The van der Waals surface area contributed by atoms with Crippen molar-refractivity contribution in [2.75, 3.05) is 7.05 Å². The zero-order chi connectivity index (χ0) is 10.6. The summed E-state index contributed by atoms with van der Waals surface area (Å²) in [6, 6.07) is 5.65. The number of hydrogen-bond acceptors (Lipinski definition) is 2. The van der Waals surface area contributed by atoms with E-state index in [1.165, 1.54) is 0 Å². The predicted molar refractivity (Wildman–Crippen MR) is 58.4 cm³/mol. The Labute approximate surface area is 83.7 Å². The summed E-state index contributed by atoms with van der Waals surface area (Å²) in [5.74, 6) is 0. The Balaban J connectivity index is 3.07. The number of nitrogens with zero attached hydrogens (tertiary/aromatic N) is 2. The third-order valence-electron chi connectivity index (χ3n) is 1.89. The first-order chi connectivity index (χ1) is 6.66. The summed E-state index contributed by atoms with van der Waals surface area (Å²) in [5.41, 5.74) is 2.93. The molecule has 2 N–H and O–H groups in total. The van der Waals surface area contributed by atoms with Gasteiger partial charge in [-0.2, -0.15) is 0 Å². The molecule has 72 valence electrons. The summed E-state index contributed by atoms with van der Waals surface area (Å²) >= 11 is 0. The van der Waals surface area contributed by atoms with Crippen molar-refractivity contribution in [3.05, 3.63) is 42.2 Å². The second-order valence-electron chi connectivity index (χ2n) is 2.95. The van der Waals surface area contributed by atoms with Gasteiger partial charge in [-0.3, -0.25) is 15.4 Å². The van der Waals surface area contributed by atoms with E-state index in [9.17, 15) is 0 Å². The SMILES string of the molecule is C=C(C(C)=[NH2+])C(=NC)c1ccccn1. The molecule has 0 saturated heterocycles. The molecule has 3 nitrogen and oxygen atoms in total. The lowest BCUT2D eigenvalue weighted by atomic mass is 10.1. The van der Waals surface area contributed by atoms with Crippen molar-refractivity contribution in [2.45, 2.75) is 6.92 Å². The first-order valence-corrected chi connectivity index (χ1v) is 4.33. The number of allylic oxidation sites excluding steroid dienone is 1. The molecule has 0 saturated carbocycles. The molecule has 0 radical (unpaired) electrons. The monoisotopic (exact) mass is 188 g/mol. The number of nitrogens with two attached hydrogens (primary N) is 1. The van der Waals surface area contributed by atoms with Crippen LogP contribution in [0.25, 0.3) is 0 Å². The Morgan fingerprint density at radius 2 is 2.21 bits per heavy atom. The van der Waals surface area contributed by atoms with Crippen molar-refractivity contribution < 1.29 is 5.41 Å². The van der Waals surface area contributed by atoms with Gasteiger partial charge in [-0.05, 0) is 12.1 Å². The van der Waals surface area contributed by atoms with Gasteiger partial charge in [-0.25, -0.2) is 0 Å². The third kappa shape index (κ3) is 2.13. The van der Waals surface area contributed by atoms with Gasteiger partial charge in [0.25, 0.3) is 0 Å². The van der Waals surface area contributed by atoms with E-state index >= 15 is 0 Å². The van der Waals surface area contributed by atoms with Crippen LogP contribution in [0.1, 0.15) is 12.6 Å². The van der Waals surface area contributed by atoms with Crippen LogP contribution >= 0.6 is 0 Å². The highest BCUT2D eigenvalue weighted by Crippen LogP contribution is 2.05. The highest BCUT2D eigenvalue weighted by molar-refractivity contribution is 6.26. The second kappa shape index (κ2) is 4.46. The largest absolute Gasteiger partial charge is 0.286 e. The van der Waals surface area contributed by atoms with Crippen molar-refractivity contribution in [1.82, 2.24) is 4.98 Å². The Morgan fingerprint density at radius 1 is 1.50 bits per heavy atom. The lowest BCUT2D eigenvalue weighted by Gasteiger charge is -2.03. The van der Waals surface area contributed by atoms with Crippen LogP contribution in [0.4, 0.5) is 0 Å². The third-order valence-corrected chi connectivity index (χ3v) is 1.89. The number of hydrogen-bond donors (Lipinski definition) is 1. The summed E-state index contributed by atoms with van der Waals surface area (Å²) in [6.07, 6.45) is 1.72. The van der Waals surface area contributed by atoms with E-state index in [2.05, 4.69) is 16.6 Å². The quantitative estimate of drug-likeness (QED) is 0.680. The number of aliphatic imine (C=N–C) groups is 1. The molecule has 3 heteroatoms. The van der Waals surface area contributed by atoms with Crippen LogP contribution in [0.5, 0.6) is 0 Å². The average Bonchev–Trinajstić information content (AvgIpc) is 2.20. The first-order valence-electron chi connectivity index (χ1n) is 4.33. The van der Waals surface area contributed by atoms with E-state index in [-0.39, 0.29) is 0 Å². The predicted octanol–water partition coefficient (Wildman–Crippen LogP) is 0.277. The van der Waals surface area contributed by atoms with Gasteiger partial charge in [0.2, 0.25) is 0 Å². The molecular weight excluding hydrogens is 174 g/mol. The molecule has 1 rings (SSSR count). The van der Waals surface area contributed by atoms with Gasteiger partial charge in [-0.15, -0.1) is 0 Å². The molecule has 0 spiro atoms. The van der Waals surface area contributed by atoms with Crippen molar-refractivity contribution in [3.63, 3.8) is 0 Å². The Bertz CT molecular complexity index is 377. The smallest absolute Gasteiger partial charge is 0.178 e. The van der Waals surface area contributed by atoms with Gasteiger partial charge in [-0.1, -0.05) is 12.6 Å². The van der Waals surface area contributed by atoms with E-state index in [0.717, 1.165) is 17.0 Å². The molecule has 0 bridgehead atoms. The fraction of sp³-hybridized carbons (Fsp3) is 0.182. The Morgan fingerprint density at radius 3 is 2.64 bits per heavy atom. The number of rotatable bonds is 3. The molecule has 0 aromatic carbocycles. The fourth-order valence-corrected chi connectivity index (χ4v) is 1.09.